The van der Waals surface area contributed by atoms with Gasteiger partial charge in [0.1, 0.15) is 18.2 Å². The minimum Gasteiger partial charge on any atom is -0.507 e. The lowest BCUT2D eigenvalue weighted by molar-refractivity contribution is -0.385. The SMILES string of the molecule is N#CC(=C(O)COC(=O)/C=C/c1ccccc1[N+](=O)[O-])c1nc2ccccc2[nH]1. The van der Waals surface area contributed by atoms with Gasteiger partial charge in [-0.2, -0.15) is 5.26 Å². The number of aromatic nitrogens is 2. The molecule has 144 valence electrons. The Morgan fingerprint density at radius 3 is 2.72 bits per heavy atom. The fraction of sp³-hybridized carbons (Fsp3) is 0.0500. The van der Waals surface area contributed by atoms with Gasteiger partial charge >= 0.3 is 5.97 Å². The number of carbonyl (C=O) groups excluding carboxylic acids is 1. The molecule has 0 spiro atoms. The van der Waals surface area contributed by atoms with E-state index in [0.29, 0.717) is 11.0 Å². The highest BCUT2D eigenvalue weighted by Crippen LogP contribution is 2.20. The Labute approximate surface area is 164 Å². The molecule has 0 fully saturated rings. The summed E-state index contributed by atoms with van der Waals surface area (Å²) in [6, 6.07) is 14.8. The Hall–Kier alpha value is -4.45. The Kier molecular flexibility index (Phi) is 5.66. The number of imidazole rings is 1. The number of fused-ring (bicyclic) bond motifs is 1. The zero-order valence-corrected chi connectivity index (χ0v) is 14.9. The molecule has 1 heterocycles. The maximum atomic E-state index is 11.9. The number of benzene rings is 2. The molecule has 0 aliphatic heterocycles. The second-order valence-corrected chi connectivity index (χ2v) is 5.79. The third-order valence-electron chi connectivity index (χ3n) is 3.91. The molecule has 3 aromatic rings. The number of nitrogens with zero attached hydrogens (tertiary/aromatic N) is 3. The second-order valence-electron chi connectivity index (χ2n) is 5.79. The Bertz CT molecular complexity index is 1150. The van der Waals surface area contributed by atoms with Crippen LogP contribution in [0.3, 0.4) is 0 Å². The lowest BCUT2D eigenvalue weighted by Gasteiger charge is -2.03. The molecule has 2 aromatic carbocycles. The summed E-state index contributed by atoms with van der Waals surface area (Å²) >= 11 is 0. The van der Waals surface area contributed by atoms with Crippen LogP contribution in [0, 0.1) is 21.4 Å². The minimum atomic E-state index is -0.836. The molecule has 0 unspecified atom stereocenters. The van der Waals surface area contributed by atoms with E-state index in [1.165, 1.54) is 24.3 Å². The third-order valence-corrected chi connectivity index (χ3v) is 3.91. The number of rotatable bonds is 6. The van der Waals surface area contributed by atoms with Crippen molar-refractivity contribution in [3.05, 3.63) is 81.9 Å². The number of para-hydroxylation sites is 3. The lowest BCUT2D eigenvalue weighted by atomic mass is 10.1. The van der Waals surface area contributed by atoms with Crippen LogP contribution in [0.2, 0.25) is 0 Å². The first-order valence-electron chi connectivity index (χ1n) is 8.35. The number of hydrogen-bond acceptors (Lipinski definition) is 7. The number of allylic oxidation sites excluding steroid dienone is 1. The monoisotopic (exact) mass is 390 g/mol. The van der Waals surface area contributed by atoms with Crippen molar-refractivity contribution in [2.45, 2.75) is 0 Å². The maximum Gasteiger partial charge on any atom is 0.331 e. The van der Waals surface area contributed by atoms with Crippen LogP contribution in [0.25, 0.3) is 22.7 Å². The zero-order chi connectivity index (χ0) is 20.8. The van der Waals surface area contributed by atoms with E-state index in [4.69, 9.17) is 4.74 Å². The number of aliphatic hydroxyl groups excluding tert-OH is 1. The molecule has 0 bridgehead atoms. The largest absolute Gasteiger partial charge is 0.507 e. The number of carbonyl (C=O) groups is 1. The Balaban J connectivity index is 1.71. The summed E-state index contributed by atoms with van der Waals surface area (Å²) in [6.07, 6.45) is 2.24. The number of aromatic amines is 1. The second kappa shape index (κ2) is 8.49. The average molecular weight is 390 g/mol. The quantitative estimate of drug-likeness (QED) is 0.164. The summed E-state index contributed by atoms with van der Waals surface area (Å²) in [6.45, 7) is -0.556. The summed E-state index contributed by atoms with van der Waals surface area (Å²) in [7, 11) is 0. The van der Waals surface area contributed by atoms with Crippen LogP contribution in [-0.4, -0.2) is 32.6 Å². The minimum absolute atomic E-state index is 0.151. The topological polar surface area (TPSA) is 142 Å². The summed E-state index contributed by atoms with van der Waals surface area (Å²) in [5.41, 5.74) is 1.22. The molecule has 0 saturated heterocycles. The summed E-state index contributed by atoms with van der Waals surface area (Å²) in [4.78, 5) is 29.4. The zero-order valence-electron chi connectivity index (χ0n) is 14.9. The molecule has 0 amide bonds. The van der Waals surface area contributed by atoms with Crippen LogP contribution in [0.1, 0.15) is 11.4 Å². The number of H-pyrrole nitrogens is 1. The molecule has 1 aromatic heterocycles. The van der Waals surface area contributed by atoms with Crippen molar-refractivity contribution in [3.8, 4) is 6.07 Å². The fourth-order valence-corrected chi connectivity index (χ4v) is 2.54. The fourth-order valence-electron chi connectivity index (χ4n) is 2.54. The number of nitrogens with one attached hydrogen (secondary N) is 1. The molecule has 9 heteroatoms. The number of nitro groups is 1. The van der Waals surface area contributed by atoms with Gasteiger partial charge in [-0.1, -0.05) is 24.3 Å². The van der Waals surface area contributed by atoms with Crippen molar-refractivity contribution >= 4 is 34.3 Å². The number of nitriles is 1. The van der Waals surface area contributed by atoms with Gasteiger partial charge in [0, 0.05) is 12.1 Å². The highest BCUT2D eigenvalue weighted by atomic mass is 16.6. The average Bonchev–Trinajstić information content (AvgIpc) is 3.15. The van der Waals surface area contributed by atoms with Gasteiger partial charge in [0.2, 0.25) is 0 Å². The number of esters is 1. The molecule has 0 saturated carbocycles. The van der Waals surface area contributed by atoms with Crippen LogP contribution in [0.15, 0.2) is 60.4 Å². The van der Waals surface area contributed by atoms with Crippen molar-refractivity contribution < 1.29 is 19.6 Å². The summed E-state index contributed by atoms with van der Waals surface area (Å²) in [5.74, 6) is -1.16. The van der Waals surface area contributed by atoms with E-state index < -0.39 is 23.3 Å². The summed E-state index contributed by atoms with van der Waals surface area (Å²) in [5, 5.41) is 30.4. The van der Waals surface area contributed by atoms with Crippen LogP contribution in [0.4, 0.5) is 5.69 Å². The molecule has 29 heavy (non-hydrogen) atoms. The van der Waals surface area contributed by atoms with E-state index in [0.717, 1.165) is 6.08 Å². The molecule has 0 aliphatic rings. The number of nitro benzene ring substituents is 1. The smallest absolute Gasteiger partial charge is 0.331 e. The molecule has 0 atom stereocenters. The van der Waals surface area contributed by atoms with Crippen molar-refractivity contribution in [3.63, 3.8) is 0 Å². The van der Waals surface area contributed by atoms with Crippen LogP contribution in [0.5, 0.6) is 0 Å². The number of aliphatic hydroxyl groups is 1. The van der Waals surface area contributed by atoms with Gasteiger partial charge in [0.05, 0.1) is 21.5 Å². The van der Waals surface area contributed by atoms with Crippen molar-refractivity contribution in [1.29, 1.82) is 5.26 Å². The lowest BCUT2D eigenvalue weighted by Crippen LogP contribution is -2.06. The first kappa shape index (κ1) is 19.3. The molecule has 9 nitrogen and oxygen atoms in total. The molecule has 0 aliphatic carbocycles. The molecule has 2 N–H and O–H groups in total. The maximum absolute atomic E-state index is 11.9. The number of ether oxygens (including phenoxy) is 1. The summed E-state index contributed by atoms with van der Waals surface area (Å²) < 4.78 is 4.91. The third kappa shape index (κ3) is 4.45. The van der Waals surface area contributed by atoms with Crippen molar-refractivity contribution in [1.82, 2.24) is 9.97 Å². The molecular weight excluding hydrogens is 376 g/mol. The highest BCUT2D eigenvalue weighted by Gasteiger charge is 2.15. The molecule has 3 rings (SSSR count). The van der Waals surface area contributed by atoms with Crippen molar-refractivity contribution in [2.24, 2.45) is 0 Å². The standard InChI is InChI=1S/C20H14N4O5/c21-11-14(20-22-15-6-2-3-7-16(15)23-20)18(25)12-29-19(26)10-9-13-5-1-4-8-17(13)24(27)28/h1-10,25H,12H2,(H,22,23)/b10-9+,18-14?. The van der Waals surface area contributed by atoms with Gasteiger partial charge in [0.15, 0.2) is 11.6 Å². The van der Waals surface area contributed by atoms with E-state index in [-0.39, 0.29) is 22.6 Å². The van der Waals surface area contributed by atoms with Gasteiger partial charge < -0.3 is 14.8 Å². The predicted octanol–water partition coefficient (Wildman–Crippen LogP) is 3.52. The van der Waals surface area contributed by atoms with Gasteiger partial charge in [-0.25, -0.2) is 9.78 Å². The Morgan fingerprint density at radius 2 is 2.00 bits per heavy atom. The van der Waals surface area contributed by atoms with Crippen molar-refractivity contribution in [2.75, 3.05) is 6.61 Å². The first-order chi connectivity index (χ1) is 14.0. The normalized spacial score (nSPS) is 11.8. The van der Waals surface area contributed by atoms with Crippen LogP contribution >= 0.6 is 0 Å². The van der Waals surface area contributed by atoms with E-state index in [9.17, 15) is 25.3 Å². The highest BCUT2D eigenvalue weighted by molar-refractivity contribution is 5.88. The predicted molar refractivity (Wildman–Crippen MR) is 104 cm³/mol. The molecule has 0 radical (unpaired) electrons. The van der Waals surface area contributed by atoms with E-state index in [2.05, 4.69) is 9.97 Å². The van der Waals surface area contributed by atoms with E-state index in [1.807, 2.05) is 6.07 Å². The number of hydrogen-bond donors (Lipinski definition) is 2. The first-order valence-corrected chi connectivity index (χ1v) is 8.35. The van der Waals surface area contributed by atoms with Crippen LogP contribution in [-0.2, 0) is 9.53 Å². The van der Waals surface area contributed by atoms with Gasteiger partial charge in [-0.05, 0) is 24.3 Å². The van der Waals surface area contributed by atoms with E-state index in [1.54, 1.807) is 30.3 Å². The van der Waals surface area contributed by atoms with E-state index >= 15 is 0 Å². The van der Waals surface area contributed by atoms with Gasteiger partial charge in [0.25, 0.3) is 5.69 Å². The van der Waals surface area contributed by atoms with Gasteiger partial charge in [-0.15, -0.1) is 0 Å². The molecular formula is C20H14N4O5. The van der Waals surface area contributed by atoms with Gasteiger partial charge in [-0.3, -0.25) is 10.1 Å². The Morgan fingerprint density at radius 1 is 1.28 bits per heavy atom. The van der Waals surface area contributed by atoms with Crippen LogP contribution < -0.4 is 0 Å².